The topological polar surface area (TPSA) is 48.7 Å². The van der Waals surface area contributed by atoms with E-state index in [1.807, 2.05) is 35.2 Å². The third-order valence-corrected chi connectivity index (χ3v) is 6.72. The fourth-order valence-corrected chi connectivity index (χ4v) is 4.97. The standard InChI is InChI=1S/C25H29N3O2/c29-24(19-7-3-1-4-8-19)27-15-13-26(14-16-27)22-12-11-20-18-28(25(30)23(20)17-22)21-9-5-2-6-10-21/h1,3-4,7-8,11-12,17-18,21,30H,2,5-6,9-10,13-16H2. The van der Waals surface area contributed by atoms with E-state index in [0.29, 0.717) is 25.0 Å². The van der Waals surface area contributed by atoms with E-state index in [4.69, 9.17) is 0 Å². The van der Waals surface area contributed by atoms with Crippen LogP contribution in [0.1, 0.15) is 48.5 Å². The third-order valence-electron chi connectivity index (χ3n) is 6.72. The minimum Gasteiger partial charge on any atom is -0.494 e. The fourth-order valence-electron chi connectivity index (χ4n) is 4.97. The lowest BCUT2D eigenvalue weighted by atomic mass is 9.95. The minimum atomic E-state index is 0.105. The summed E-state index contributed by atoms with van der Waals surface area (Å²) in [6.45, 7) is 3.02. The van der Waals surface area contributed by atoms with Gasteiger partial charge in [0.25, 0.3) is 5.91 Å². The monoisotopic (exact) mass is 403 g/mol. The molecule has 1 aliphatic heterocycles. The second kappa shape index (κ2) is 8.05. The number of hydrogen-bond donors (Lipinski definition) is 1. The van der Waals surface area contributed by atoms with E-state index in [1.54, 1.807) is 0 Å². The molecule has 0 atom stereocenters. The van der Waals surface area contributed by atoms with Crippen molar-refractivity contribution in [1.82, 2.24) is 9.47 Å². The van der Waals surface area contributed by atoms with E-state index in [1.165, 1.54) is 19.3 Å². The SMILES string of the molecule is O=C(c1ccccc1)N1CCN(c2ccc3cn(C4CCCCC4)c(O)c3c2)CC1. The Balaban J connectivity index is 1.31. The fraction of sp³-hybridized carbons (Fsp3) is 0.400. The van der Waals surface area contributed by atoms with Crippen molar-refractivity contribution in [2.45, 2.75) is 38.1 Å². The highest BCUT2D eigenvalue weighted by atomic mass is 16.3. The molecule has 1 aliphatic carbocycles. The van der Waals surface area contributed by atoms with Gasteiger partial charge in [0.2, 0.25) is 0 Å². The van der Waals surface area contributed by atoms with Gasteiger partial charge in [-0.2, -0.15) is 0 Å². The number of anilines is 1. The van der Waals surface area contributed by atoms with Gasteiger partial charge in [0.05, 0.1) is 0 Å². The van der Waals surface area contributed by atoms with Crippen molar-refractivity contribution in [3.8, 4) is 5.88 Å². The second-order valence-electron chi connectivity index (χ2n) is 8.57. The Kier molecular flexibility index (Phi) is 5.11. The molecule has 2 fully saturated rings. The molecule has 30 heavy (non-hydrogen) atoms. The quantitative estimate of drug-likeness (QED) is 0.682. The predicted octanol–water partition coefficient (Wildman–Crippen LogP) is 4.81. The number of rotatable bonds is 3. The van der Waals surface area contributed by atoms with Crippen molar-refractivity contribution in [1.29, 1.82) is 0 Å². The van der Waals surface area contributed by atoms with Gasteiger partial charge in [0.15, 0.2) is 5.88 Å². The Bertz CT molecular complexity index is 1030. The Labute approximate surface area is 177 Å². The van der Waals surface area contributed by atoms with Crippen LogP contribution < -0.4 is 4.90 Å². The maximum absolute atomic E-state index is 12.7. The van der Waals surface area contributed by atoms with E-state index in [0.717, 1.165) is 48.0 Å². The molecule has 2 heterocycles. The molecule has 0 spiro atoms. The number of nitrogens with zero attached hydrogens (tertiary/aromatic N) is 3. The first-order chi connectivity index (χ1) is 14.7. The molecule has 5 nitrogen and oxygen atoms in total. The van der Waals surface area contributed by atoms with Gasteiger partial charge in [0.1, 0.15) is 0 Å². The zero-order valence-electron chi connectivity index (χ0n) is 17.3. The summed E-state index contributed by atoms with van der Waals surface area (Å²) in [5, 5.41) is 12.9. The molecule has 5 heteroatoms. The molecule has 0 bridgehead atoms. The number of amides is 1. The van der Waals surface area contributed by atoms with Gasteiger partial charge < -0.3 is 19.5 Å². The molecule has 156 valence electrons. The van der Waals surface area contributed by atoms with Crippen LogP contribution in [0, 0.1) is 0 Å². The van der Waals surface area contributed by atoms with Gasteiger partial charge in [-0.1, -0.05) is 43.5 Å². The lowest BCUT2D eigenvalue weighted by molar-refractivity contribution is 0.0747. The van der Waals surface area contributed by atoms with Gasteiger partial charge in [-0.3, -0.25) is 4.79 Å². The molecule has 1 N–H and O–H groups in total. The highest BCUT2D eigenvalue weighted by Gasteiger charge is 2.24. The first-order valence-corrected chi connectivity index (χ1v) is 11.1. The molecule has 2 aromatic carbocycles. The van der Waals surface area contributed by atoms with Crippen LogP contribution in [0.3, 0.4) is 0 Å². The van der Waals surface area contributed by atoms with Crippen molar-refractivity contribution < 1.29 is 9.90 Å². The Morgan fingerprint density at radius 1 is 0.900 bits per heavy atom. The number of carbonyl (C=O) groups excluding carboxylic acids is 1. The predicted molar refractivity (Wildman–Crippen MR) is 120 cm³/mol. The van der Waals surface area contributed by atoms with Gasteiger partial charge in [-0.15, -0.1) is 0 Å². The highest BCUT2D eigenvalue weighted by molar-refractivity contribution is 5.94. The number of carbonyl (C=O) groups is 1. The number of aromatic hydroxyl groups is 1. The van der Waals surface area contributed by atoms with Crippen molar-refractivity contribution in [2.24, 2.45) is 0 Å². The molecule has 2 aliphatic rings. The molecule has 5 rings (SSSR count). The van der Waals surface area contributed by atoms with Crippen LogP contribution in [0.15, 0.2) is 54.7 Å². The van der Waals surface area contributed by atoms with Crippen molar-refractivity contribution in [3.63, 3.8) is 0 Å². The molecule has 1 saturated heterocycles. The molecular weight excluding hydrogens is 374 g/mol. The second-order valence-corrected chi connectivity index (χ2v) is 8.57. The van der Waals surface area contributed by atoms with Gasteiger partial charge in [0, 0.05) is 60.4 Å². The van der Waals surface area contributed by atoms with E-state index in [-0.39, 0.29) is 5.91 Å². The molecule has 0 radical (unpaired) electrons. The highest BCUT2D eigenvalue weighted by Crippen LogP contribution is 2.37. The summed E-state index contributed by atoms with van der Waals surface area (Å²) in [4.78, 5) is 16.9. The maximum Gasteiger partial charge on any atom is 0.253 e. The average molecular weight is 404 g/mol. The first-order valence-electron chi connectivity index (χ1n) is 11.1. The van der Waals surface area contributed by atoms with Gasteiger partial charge >= 0.3 is 0 Å². The lowest BCUT2D eigenvalue weighted by Gasteiger charge is -2.36. The molecule has 0 unspecified atom stereocenters. The summed E-state index contributed by atoms with van der Waals surface area (Å²) in [6.07, 6.45) is 8.21. The van der Waals surface area contributed by atoms with Gasteiger partial charge in [-0.25, -0.2) is 0 Å². The van der Waals surface area contributed by atoms with Crippen molar-refractivity contribution >= 4 is 22.4 Å². The van der Waals surface area contributed by atoms with Crippen LogP contribution in [-0.4, -0.2) is 46.7 Å². The van der Waals surface area contributed by atoms with Crippen LogP contribution in [0.2, 0.25) is 0 Å². The average Bonchev–Trinajstić information content (AvgIpc) is 3.16. The van der Waals surface area contributed by atoms with E-state index in [2.05, 4.69) is 33.9 Å². The molecular formula is C25H29N3O2. The first kappa shape index (κ1) is 19.0. The van der Waals surface area contributed by atoms with Gasteiger partial charge in [-0.05, 0) is 37.1 Å². The summed E-state index contributed by atoms with van der Waals surface area (Å²) >= 11 is 0. The third kappa shape index (κ3) is 3.53. The van der Waals surface area contributed by atoms with Crippen LogP contribution in [0.4, 0.5) is 5.69 Å². The van der Waals surface area contributed by atoms with Crippen molar-refractivity contribution in [3.05, 3.63) is 60.3 Å². The molecule has 1 amide bonds. The Morgan fingerprint density at radius 3 is 2.37 bits per heavy atom. The van der Waals surface area contributed by atoms with Crippen LogP contribution >= 0.6 is 0 Å². The van der Waals surface area contributed by atoms with E-state index in [9.17, 15) is 9.90 Å². The van der Waals surface area contributed by atoms with E-state index < -0.39 is 0 Å². The summed E-state index contributed by atoms with van der Waals surface area (Å²) in [5.41, 5.74) is 1.87. The van der Waals surface area contributed by atoms with Crippen LogP contribution in [0.5, 0.6) is 5.88 Å². The van der Waals surface area contributed by atoms with E-state index >= 15 is 0 Å². The molecule has 1 aromatic heterocycles. The smallest absolute Gasteiger partial charge is 0.253 e. The Morgan fingerprint density at radius 2 is 1.63 bits per heavy atom. The number of benzene rings is 2. The molecule has 3 aromatic rings. The zero-order chi connectivity index (χ0) is 20.5. The number of piperazine rings is 1. The van der Waals surface area contributed by atoms with Crippen LogP contribution in [-0.2, 0) is 0 Å². The normalized spacial score (nSPS) is 18.1. The largest absolute Gasteiger partial charge is 0.494 e. The summed E-state index contributed by atoms with van der Waals surface area (Å²) in [7, 11) is 0. The summed E-state index contributed by atoms with van der Waals surface area (Å²) in [6, 6.07) is 16.3. The minimum absolute atomic E-state index is 0.105. The number of aromatic nitrogens is 1. The van der Waals surface area contributed by atoms with Crippen molar-refractivity contribution in [2.75, 3.05) is 31.1 Å². The maximum atomic E-state index is 12.7. The summed E-state index contributed by atoms with van der Waals surface area (Å²) < 4.78 is 2.09. The number of hydrogen-bond acceptors (Lipinski definition) is 3. The molecule has 1 saturated carbocycles. The van der Waals surface area contributed by atoms with Crippen LogP contribution in [0.25, 0.3) is 10.8 Å². The summed E-state index contributed by atoms with van der Waals surface area (Å²) in [5.74, 6) is 0.504. The zero-order valence-corrected chi connectivity index (χ0v) is 17.3. The number of fused-ring (bicyclic) bond motifs is 1. The lowest BCUT2D eigenvalue weighted by Crippen LogP contribution is -2.48. The Hall–Kier alpha value is -2.95.